The summed E-state index contributed by atoms with van der Waals surface area (Å²) in [6, 6.07) is 46.0. The number of rotatable bonds is 5. The minimum Gasteiger partial charge on any atom is -0.469 e. The molecular formula is C48H45N3O2. The van der Waals surface area contributed by atoms with Crippen LogP contribution in [0.3, 0.4) is 0 Å². The summed E-state index contributed by atoms with van der Waals surface area (Å²) in [6.45, 7) is 16.9. The van der Waals surface area contributed by atoms with Gasteiger partial charge in [-0.15, -0.1) is 0 Å². The molecule has 2 aliphatic heterocycles. The van der Waals surface area contributed by atoms with Crippen LogP contribution in [0.25, 0.3) is 60.5 Å². The van der Waals surface area contributed by atoms with Gasteiger partial charge in [0.05, 0.1) is 22.1 Å². The van der Waals surface area contributed by atoms with Crippen molar-refractivity contribution in [2.45, 2.75) is 77.7 Å². The second-order valence-corrected chi connectivity index (χ2v) is 16.6. The zero-order valence-corrected chi connectivity index (χ0v) is 31.8. The van der Waals surface area contributed by atoms with Crippen LogP contribution < -0.4 is 0 Å². The van der Waals surface area contributed by atoms with E-state index in [4.69, 9.17) is 19.5 Å². The van der Waals surface area contributed by atoms with Gasteiger partial charge in [-0.1, -0.05) is 78.9 Å². The van der Waals surface area contributed by atoms with Gasteiger partial charge in [-0.2, -0.15) is 0 Å². The quantitative estimate of drug-likeness (QED) is 0.180. The predicted octanol–water partition coefficient (Wildman–Crippen LogP) is 11.9. The van der Waals surface area contributed by atoms with E-state index >= 15 is 0 Å². The minimum absolute atomic E-state index is 0.302. The van der Waals surface area contributed by atoms with Crippen LogP contribution in [-0.2, 0) is 9.47 Å². The van der Waals surface area contributed by atoms with E-state index in [0.717, 1.165) is 39.1 Å². The fourth-order valence-corrected chi connectivity index (χ4v) is 7.51. The van der Waals surface area contributed by atoms with Crippen molar-refractivity contribution >= 4 is 44.4 Å². The molecule has 0 radical (unpaired) electrons. The number of hydrogen-bond donors (Lipinski definition) is 0. The van der Waals surface area contributed by atoms with E-state index in [1.54, 1.807) is 0 Å². The van der Waals surface area contributed by atoms with E-state index in [1.165, 1.54) is 32.6 Å². The molecule has 5 heteroatoms. The first-order valence-corrected chi connectivity index (χ1v) is 18.6. The zero-order valence-electron chi connectivity index (χ0n) is 31.8. The highest BCUT2D eigenvalue weighted by atomic mass is 16.5. The third kappa shape index (κ3) is 5.28. The number of ether oxygens (including phenoxy) is 2. The molecule has 3 heterocycles. The van der Waals surface area contributed by atoms with Crippen molar-refractivity contribution in [2.24, 2.45) is 9.98 Å². The summed E-state index contributed by atoms with van der Waals surface area (Å²) in [5.41, 5.74) is 8.68. The first-order chi connectivity index (χ1) is 25.2. The Kier molecular flexibility index (Phi) is 7.14. The molecule has 264 valence electrons. The van der Waals surface area contributed by atoms with Crippen molar-refractivity contribution in [1.82, 2.24) is 4.57 Å². The predicted molar refractivity (Wildman–Crippen MR) is 221 cm³/mol. The fourth-order valence-electron chi connectivity index (χ4n) is 7.51. The Balaban J connectivity index is 1.17. The highest BCUT2D eigenvalue weighted by molar-refractivity contribution is 6.19. The van der Waals surface area contributed by atoms with E-state index < -0.39 is 0 Å². The molecule has 0 bridgehead atoms. The third-order valence-corrected chi connectivity index (χ3v) is 12.1. The van der Waals surface area contributed by atoms with Gasteiger partial charge in [0.25, 0.3) is 0 Å². The average molecular weight is 696 g/mol. The molecule has 53 heavy (non-hydrogen) atoms. The summed E-state index contributed by atoms with van der Waals surface area (Å²) in [5, 5.41) is 4.84. The molecular weight excluding hydrogens is 651 g/mol. The number of nitrogens with zero attached hydrogens (tertiary/aromatic N) is 3. The second kappa shape index (κ2) is 11.4. The van der Waals surface area contributed by atoms with Gasteiger partial charge < -0.3 is 14.0 Å². The Bertz CT molecular complexity index is 2670. The molecule has 0 saturated carbocycles. The van der Waals surface area contributed by atoms with Crippen molar-refractivity contribution < 1.29 is 9.47 Å². The molecule has 0 unspecified atom stereocenters. The number of aliphatic imine (C=N–C) groups is 2. The summed E-state index contributed by atoms with van der Waals surface area (Å²) in [7, 11) is 0. The number of fused-ring (bicyclic) bond motifs is 5. The average Bonchev–Trinajstić information content (AvgIpc) is 3.68. The van der Waals surface area contributed by atoms with Gasteiger partial charge in [-0.3, -0.25) is 0 Å². The van der Waals surface area contributed by atoms with E-state index in [1.807, 2.05) is 0 Å². The van der Waals surface area contributed by atoms with Crippen molar-refractivity contribution in [3.8, 4) is 27.9 Å². The Morgan fingerprint density at radius 1 is 0.434 bits per heavy atom. The van der Waals surface area contributed by atoms with Crippen LogP contribution in [0.5, 0.6) is 0 Å². The summed E-state index contributed by atoms with van der Waals surface area (Å²) in [6.07, 6.45) is 0. The fraction of sp³-hybridized carbons (Fsp3) is 0.250. The summed E-state index contributed by atoms with van der Waals surface area (Å²) in [5.74, 6) is 1.41. The first-order valence-electron chi connectivity index (χ1n) is 18.6. The van der Waals surface area contributed by atoms with Crippen LogP contribution >= 0.6 is 0 Å². The van der Waals surface area contributed by atoms with Crippen LogP contribution in [0.4, 0.5) is 0 Å². The lowest BCUT2D eigenvalue weighted by molar-refractivity contribution is 0.0618. The molecule has 1 aromatic heterocycles. The van der Waals surface area contributed by atoms with Gasteiger partial charge in [0.1, 0.15) is 11.2 Å². The van der Waals surface area contributed by atoms with Crippen LogP contribution in [0.1, 0.15) is 66.5 Å². The van der Waals surface area contributed by atoms with Crippen molar-refractivity contribution in [3.63, 3.8) is 0 Å². The molecule has 0 N–H and O–H groups in total. The lowest BCUT2D eigenvalue weighted by Crippen LogP contribution is -2.41. The van der Waals surface area contributed by atoms with Gasteiger partial charge in [0, 0.05) is 33.0 Å². The Morgan fingerprint density at radius 2 is 0.925 bits per heavy atom. The van der Waals surface area contributed by atoms with Gasteiger partial charge in [0.15, 0.2) is 0 Å². The minimum atomic E-state index is -0.379. The Hall–Kier alpha value is -5.68. The van der Waals surface area contributed by atoms with Crippen molar-refractivity contribution in [2.75, 3.05) is 0 Å². The van der Waals surface area contributed by atoms with E-state index in [0.29, 0.717) is 11.8 Å². The molecule has 0 spiro atoms. The van der Waals surface area contributed by atoms with Crippen LogP contribution in [-0.4, -0.2) is 38.6 Å². The highest BCUT2D eigenvalue weighted by Gasteiger charge is 2.46. The van der Waals surface area contributed by atoms with Gasteiger partial charge in [-0.25, -0.2) is 9.98 Å². The molecule has 0 saturated heterocycles. The zero-order chi connectivity index (χ0) is 36.9. The molecule has 9 rings (SSSR count). The molecule has 0 amide bonds. The smallest absolute Gasteiger partial charge is 0.217 e. The number of para-hydroxylation sites is 1. The van der Waals surface area contributed by atoms with Gasteiger partial charge in [-0.05, 0) is 132 Å². The summed E-state index contributed by atoms with van der Waals surface area (Å²) < 4.78 is 15.2. The van der Waals surface area contributed by atoms with E-state index in [-0.39, 0.29) is 22.3 Å². The number of hydrogen-bond acceptors (Lipinski definition) is 4. The SMILES string of the molecule is CC1(C)N=C(c2cccc(-c3ccc4c(ccc5c6ccc(-c7cccc(C8=NC(C)(C)C(C)(C)O8)c7)cc6n(-c6ccccc6)c45)c3)c2)OC1(C)C. The monoisotopic (exact) mass is 695 g/mol. The molecule has 0 fully saturated rings. The van der Waals surface area contributed by atoms with Gasteiger partial charge >= 0.3 is 0 Å². The second-order valence-electron chi connectivity index (χ2n) is 16.6. The van der Waals surface area contributed by atoms with Gasteiger partial charge in [0.2, 0.25) is 11.8 Å². The van der Waals surface area contributed by atoms with Crippen molar-refractivity contribution in [3.05, 3.63) is 139 Å². The molecule has 7 aromatic rings. The normalized spacial score (nSPS) is 18.2. The maximum absolute atomic E-state index is 6.38. The van der Waals surface area contributed by atoms with Crippen LogP contribution in [0.2, 0.25) is 0 Å². The maximum Gasteiger partial charge on any atom is 0.217 e. The van der Waals surface area contributed by atoms with E-state index in [2.05, 4.69) is 187 Å². The molecule has 0 atom stereocenters. The third-order valence-electron chi connectivity index (χ3n) is 12.1. The summed E-state index contributed by atoms with van der Waals surface area (Å²) in [4.78, 5) is 9.94. The molecule has 5 nitrogen and oxygen atoms in total. The molecule has 6 aromatic carbocycles. The Morgan fingerprint density at radius 3 is 1.47 bits per heavy atom. The largest absolute Gasteiger partial charge is 0.469 e. The van der Waals surface area contributed by atoms with Crippen LogP contribution in [0.15, 0.2) is 137 Å². The highest BCUT2D eigenvalue weighted by Crippen LogP contribution is 2.41. The molecule has 2 aliphatic rings. The topological polar surface area (TPSA) is 48.1 Å². The van der Waals surface area contributed by atoms with Crippen LogP contribution in [0, 0.1) is 0 Å². The Labute approximate surface area is 311 Å². The van der Waals surface area contributed by atoms with E-state index in [9.17, 15) is 0 Å². The number of aromatic nitrogens is 1. The lowest BCUT2D eigenvalue weighted by atomic mass is 9.87. The number of benzene rings is 6. The molecule has 0 aliphatic carbocycles. The standard InChI is InChI=1S/C48H45N3O2/c1-45(2)47(5,6)52-43(49-45)35-16-12-14-30(27-35)32-20-23-38-34(26-32)22-25-40-39-24-21-33(29-41(39)51(42(38)40)37-18-10-9-11-19-37)31-15-13-17-36(28-31)44-50-46(3,4)48(7,8)53-44/h9-29H,1-8H3. The maximum atomic E-state index is 6.38. The van der Waals surface area contributed by atoms with Crippen molar-refractivity contribution in [1.29, 1.82) is 0 Å². The first kappa shape index (κ1) is 33.2. The summed E-state index contributed by atoms with van der Waals surface area (Å²) >= 11 is 0. The lowest BCUT2D eigenvalue weighted by Gasteiger charge is -2.30.